The van der Waals surface area contributed by atoms with Gasteiger partial charge in [-0.25, -0.2) is 8.78 Å². The Balaban J connectivity index is 0.000000265. The first-order valence-electron chi connectivity index (χ1n) is 31.9. The number of carbonyl (C=O) groups excluding carboxylic acids is 2. The molecule has 20 heteroatoms. The number of benzene rings is 8. The number of rotatable bonds is 36. The number of aliphatic carboxylic acids is 4. The van der Waals surface area contributed by atoms with Gasteiger partial charge in [-0.1, -0.05) is 86.3 Å². The Kier molecular flexibility index (Phi) is 30.7. The largest absolute Gasteiger partial charge is 1.00 e. The third-order valence-corrected chi connectivity index (χ3v) is 16.0. The van der Waals surface area contributed by atoms with E-state index < -0.39 is 23.9 Å². The van der Waals surface area contributed by atoms with E-state index >= 15 is 0 Å². The molecule has 2 aliphatic heterocycles. The number of aryl methyl sites for hydroxylation is 2. The van der Waals surface area contributed by atoms with Gasteiger partial charge in [0.05, 0.1) is 26.4 Å². The van der Waals surface area contributed by atoms with E-state index in [1.165, 1.54) is 24.3 Å². The first-order chi connectivity index (χ1) is 45.7. The molecule has 0 amide bonds. The van der Waals surface area contributed by atoms with Gasteiger partial charge in [0.15, 0.2) is 23.0 Å². The molecule has 96 heavy (non-hydrogen) atoms. The Hall–Kier alpha value is -8.10. The molecule has 0 atom stereocenters. The second kappa shape index (κ2) is 39.2. The molecular weight excluding hydrogens is 1250 g/mol. The van der Waals surface area contributed by atoms with Gasteiger partial charge in [0, 0.05) is 24.8 Å². The van der Waals surface area contributed by atoms with Crippen LogP contribution >= 0.6 is 0 Å². The number of carboxylic acid groups (broad SMARTS) is 4. The zero-order chi connectivity index (χ0) is 66.0. The molecule has 0 aromatic heterocycles. The van der Waals surface area contributed by atoms with Crippen molar-refractivity contribution >= 4 is 23.9 Å². The van der Waals surface area contributed by atoms with E-state index in [9.17, 15) is 48.4 Å². The summed E-state index contributed by atoms with van der Waals surface area (Å²) >= 11 is 0. The average Bonchev–Trinajstić information content (AvgIpc) is 1.57. The molecule has 2 N–H and O–H groups in total. The summed E-state index contributed by atoms with van der Waals surface area (Å²) in [7, 11) is 0. The standard InChI is InChI=1S/2C38H39FO8.2Na/c2*39-31-11-5-10-27(21-31)29-20-30(28-14-16-35-36(24-28)47-25-46-35)23-32(22-29)44-18-4-2-1-3-8-26-9-6-12-34(33(26)15-17-38(42)43)45-19-7-13-37(40)41;;/h2*5-6,9-12,14,16,20-24H,1-4,7-8,13,15,17-19,25H2,(H,40,41)(H,42,43);;/q;;2*+1/p-2. The first kappa shape index (κ1) is 75.3. The number of hydrogen-bond donors (Lipinski definition) is 2. The maximum atomic E-state index is 14.1. The molecular formula is C76H76F2Na2O16. The van der Waals surface area contributed by atoms with Crippen molar-refractivity contribution in [1.82, 2.24) is 0 Å². The van der Waals surface area contributed by atoms with Gasteiger partial charge in [-0.2, -0.15) is 0 Å². The van der Waals surface area contributed by atoms with Crippen molar-refractivity contribution < 1.29 is 145 Å². The maximum Gasteiger partial charge on any atom is 1.00 e. The Morgan fingerprint density at radius 2 is 0.729 bits per heavy atom. The van der Waals surface area contributed by atoms with Gasteiger partial charge in [0.1, 0.15) is 34.6 Å². The summed E-state index contributed by atoms with van der Waals surface area (Å²) in [6.07, 6.45) is 10.0. The van der Waals surface area contributed by atoms with Crippen LogP contribution in [0.5, 0.6) is 46.0 Å². The fraction of sp³-hybridized carbons (Fsp3) is 0.316. The normalized spacial score (nSPS) is 11.5. The van der Waals surface area contributed by atoms with Crippen molar-refractivity contribution in [3.8, 4) is 90.5 Å². The molecule has 2 heterocycles. The van der Waals surface area contributed by atoms with Crippen molar-refractivity contribution in [3.05, 3.63) is 192 Å². The van der Waals surface area contributed by atoms with Gasteiger partial charge in [-0.15, -0.1) is 0 Å². The summed E-state index contributed by atoms with van der Waals surface area (Å²) in [5.74, 6) is 0.755. The van der Waals surface area contributed by atoms with Gasteiger partial charge in [0.2, 0.25) is 13.6 Å². The van der Waals surface area contributed by atoms with E-state index in [0.29, 0.717) is 84.9 Å². The molecule has 16 nitrogen and oxygen atoms in total. The Morgan fingerprint density at radius 3 is 1.11 bits per heavy atom. The Labute approximate surface area is 602 Å². The van der Waals surface area contributed by atoms with Crippen LogP contribution in [0.3, 0.4) is 0 Å². The Morgan fingerprint density at radius 1 is 0.365 bits per heavy atom. The summed E-state index contributed by atoms with van der Waals surface area (Å²) in [5.41, 5.74) is 10.7. The van der Waals surface area contributed by atoms with E-state index in [2.05, 4.69) is 0 Å². The second-order valence-electron chi connectivity index (χ2n) is 22.9. The summed E-state index contributed by atoms with van der Waals surface area (Å²) in [5, 5.41) is 39.9. The van der Waals surface area contributed by atoms with Gasteiger partial charge in [0.25, 0.3) is 0 Å². The smallest absolute Gasteiger partial charge is 0.550 e. The van der Waals surface area contributed by atoms with Gasteiger partial charge >= 0.3 is 71.1 Å². The van der Waals surface area contributed by atoms with Crippen LogP contribution in [0.1, 0.15) is 112 Å². The molecule has 0 unspecified atom stereocenters. The minimum Gasteiger partial charge on any atom is -0.550 e. The molecule has 0 bridgehead atoms. The van der Waals surface area contributed by atoms with E-state index in [4.69, 9.17) is 37.9 Å². The van der Waals surface area contributed by atoms with E-state index in [1.54, 1.807) is 24.3 Å². The number of ether oxygens (including phenoxy) is 8. The predicted octanol–water partition coefficient (Wildman–Crippen LogP) is 8.00. The van der Waals surface area contributed by atoms with Gasteiger partial charge in [-0.05, 0) is 241 Å². The topological polar surface area (TPSA) is 229 Å². The van der Waals surface area contributed by atoms with E-state index in [1.807, 2.05) is 109 Å². The van der Waals surface area contributed by atoms with Crippen LogP contribution < -0.4 is 107 Å². The molecule has 0 fully saturated rings. The number of hydrogen-bond acceptors (Lipinski definition) is 14. The summed E-state index contributed by atoms with van der Waals surface area (Å²) < 4.78 is 74.3. The fourth-order valence-electron chi connectivity index (χ4n) is 11.2. The minimum atomic E-state index is -1.12. The van der Waals surface area contributed by atoms with Crippen molar-refractivity contribution in [3.63, 3.8) is 0 Å². The number of halogens is 2. The van der Waals surface area contributed by atoms with Crippen LogP contribution in [-0.2, 0) is 44.9 Å². The van der Waals surface area contributed by atoms with E-state index in [0.717, 1.165) is 131 Å². The van der Waals surface area contributed by atoms with Crippen LogP contribution in [0, 0.1) is 11.6 Å². The van der Waals surface area contributed by atoms with Crippen molar-refractivity contribution in [2.75, 3.05) is 40.0 Å². The van der Waals surface area contributed by atoms with Crippen LogP contribution in [-0.4, -0.2) is 74.1 Å². The quantitative estimate of drug-likeness (QED) is 0.0280. The zero-order valence-corrected chi connectivity index (χ0v) is 58.3. The molecule has 0 aliphatic carbocycles. The molecule has 2 aliphatic rings. The molecule has 492 valence electrons. The zero-order valence-electron chi connectivity index (χ0n) is 54.3. The third kappa shape index (κ3) is 23.6. The second-order valence-corrected chi connectivity index (χ2v) is 22.9. The van der Waals surface area contributed by atoms with Crippen molar-refractivity contribution in [2.45, 2.75) is 116 Å². The van der Waals surface area contributed by atoms with Gasteiger partial charge in [-0.3, -0.25) is 9.59 Å². The van der Waals surface area contributed by atoms with Crippen molar-refractivity contribution in [1.29, 1.82) is 0 Å². The molecule has 10 rings (SSSR count). The monoisotopic (exact) mass is 1330 g/mol. The molecule has 8 aromatic carbocycles. The summed E-state index contributed by atoms with van der Waals surface area (Å²) in [4.78, 5) is 44.0. The maximum absolute atomic E-state index is 14.1. The van der Waals surface area contributed by atoms with Crippen LogP contribution in [0.25, 0.3) is 44.5 Å². The van der Waals surface area contributed by atoms with Crippen LogP contribution in [0.2, 0.25) is 0 Å². The van der Waals surface area contributed by atoms with Crippen molar-refractivity contribution in [2.24, 2.45) is 0 Å². The van der Waals surface area contributed by atoms with Gasteiger partial charge < -0.3 is 67.9 Å². The molecule has 0 radical (unpaired) electrons. The Bertz CT molecular complexity index is 3630. The average molecular weight is 1330 g/mol. The molecule has 8 aromatic rings. The number of unbranched alkanes of at least 4 members (excludes halogenated alkanes) is 6. The summed E-state index contributed by atoms with van der Waals surface area (Å²) in [6, 6.07) is 47.8. The summed E-state index contributed by atoms with van der Waals surface area (Å²) in [6.45, 7) is 1.87. The first-order valence-corrected chi connectivity index (χ1v) is 31.9. The number of fused-ring (bicyclic) bond motifs is 2. The van der Waals surface area contributed by atoms with E-state index in [-0.39, 0.29) is 123 Å². The minimum absolute atomic E-state index is 0. The molecule has 0 saturated carbocycles. The SMILES string of the molecule is O=C([O-])CCCOc1cccc(CCCCCCOc2cc(-c3cccc(F)c3)cc(-c3ccc4c(c3)OCO4)c2)c1CCC(=O)O.O=C([O-])CCCOc1cccc(CCCCCCOc2cc(-c3cccc(F)c3)cc(-c3ccc4c(c3)OCO4)c2)c1CCC(=O)O.[Na+].[Na+]. The fourth-order valence-corrected chi connectivity index (χ4v) is 11.2. The van der Waals surface area contributed by atoms with Crippen LogP contribution in [0.4, 0.5) is 8.78 Å². The third-order valence-electron chi connectivity index (χ3n) is 16.0. The number of carboxylic acids is 4. The predicted molar refractivity (Wildman–Crippen MR) is 346 cm³/mol. The van der Waals surface area contributed by atoms with Crippen LogP contribution in [0.15, 0.2) is 158 Å². The molecule has 0 saturated heterocycles. The molecule has 0 spiro atoms. The number of carbonyl (C=O) groups is 4.